The van der Waals surface area contributed by atoms with Gasteiger partial charge in [0.2, 0.25) is 0 Å². The van der Waals surface area contributed by atoms with Gasteiger partial charge in [0, 0.05) is 31.1 Å². The van der Waals surface area contributed by atoms with E-state index < -0.39 is 0 Å². The summed E-state index contributed by atoms with van der Waals surface area (Å²) in [5.74, 6) is 0.775. The van der Waals surface area contributed by atoms with Crippen LogP contribution < -0.4 is 10.1 Å². The van der Waals surface area contributed by atoms with Crippen LogP contribution >= 0.6 is 11.3 Å². The molecule has 22 heavy (non-hydrogen) atoms. The van der Waals surface area contributed by atoms with Crippen LogP contribution in [0.5, 0.6) is 5.75 Å². The zero-order valence-corrected chi connectivity index (χ0v) is 13.5. The molecule has 1 aromatic carbocycles. The Labute approximate surface area is 133 Å². The molecule has 0 bridgehead atoms. The van der Waals surface area contributed by atoms with Gasteiger partial charge in [0.15, 0.2) is 0 Å². The van der Waals surface area contributed by atoms with Gasteiger partial charge in [-0.05, 0) is 19.1 Å². The Morgan fingerprint density at radius 1 is 1.45 bits per heavy atom. The smallest absolute Gasteiger partial charge is 0.273 e. The van der Waals surface area contributed by atoms with E-state index in [1.165, 1.54) is 11.3 Å². The monoisotopic (exact) mass is 317 g/mol. The molecule has 1 atom stereocenters. The average molecular weight is 317 g/mol. The molecule has 0 aliphatic carbocycles. The number of rotatable bonds is 3. The van der Waals surface area contributed by atoms with Gasteiger partial charge in [0.25, 0.3) is 5.91 Å². The lowest BCUT2D eigenvalue weighted by molar-refractivity contribution is 0.0704. The summed E-state index contributed by atoms with van der Waals surface area (Å²) in [5, 5.41) is 5.98. The first-order valence-corrected chi connectivity index (χ1v) is 8.18. The minimum Gasteiger partial charge on any atom is -0.496 e. The molecule has 3 rings (SSSR count). The molecule has 0 spiro atoms. The predicted octanol–water partition coefficient (Wildman–Crippen LogP) is 2.25. The van der Waals surface area contributed by atoms with Crippen LogP contribution in [0.2, 0.25) is 0 Å². The SMILES string of the molecule is COc1ccccc1-c1nc(C(=O)N2CCN[C@@H](C)C2)cs1. The molecule has 5 nitrogen and oxygen atoms in total. The van der Waals surface area contributed by atoms with E-state index in [9.17, 15) is 4.79 Å². The third-order valence-corrected chi connectivity index (χ3v) is 4.59. The molecule has 1 aromatic heterocycles. The third-order valence-electron chi connectivity index (χ3n) is 3.72. The molecule has 1 N–H and O–H groups in total. The van der Waals surface area contributed by atoms with Crippen molar-refractivity contribution >= 4 is 17.2 Å². The number of carbonyl (C=O) groups excluding carboxylic acids is 1. The zero-order valence-electron chi connectivity index (χ0n) is 12.7. The van der Waals surface area contributed by atoms with Crippen LogP contribution in [0.4, 0.5) is 0 Å². The number of hydrogen-bond donors (Lipinski definition) is 1. The third kappa shape index (κ3) is 2.98. The van der Waals surface area contributed by atoms with Gasteiger partial charge < -0.3 is 15.0 Å². The Kier molecular flexibility index (Phi) is 4.40. The van der Waals surface area contributed by atoms with E-state index in [-0.39, 0.29) is 5.91 Å². The van der Waals surface area contributed by atoms with Gasteiger partial charge in [-0.15, -0.1) is 11.3 Å². The van der Waals surface area contributed by atoms with Crippen molar-refractivity contribution in [1.82, 2.24) is 15.2 Å². The van der Waals surface area contributed by atoms with E-state index >= 15 is 0 Å². The molecule has 1 aliphatic rings. The summed E-state index contributed by atoms with van der Waals surface area (Å²) in [6.07, 6.45) is 0. The topological polar surface area (TPSA) is 54.5 Å². The lowest BCUT2D eigenvalue weighted by Gasteiger charge is -2.31. The van der Waals surface area contributed by atoms with Crippen molar-refractivity contribution in [2.45, 2.75) is 13.0 Å². The maximum Gasteiger partial charge on any atom is 0.273 e. The van der Waals surface area contributed by atoms with E-state index in [0.717, 1.165) is 36.0 Å². The number of amides is 1. The normalized spacial score (nSPS) is 18.3. The van der Waals surface area contributed by atoms with Crippen molar-refractivity contribution in [3.63, 3.8) is 0 Å². The Morgan fingerprint density at radius 3 is 3.05 bits per heavy atom. The second kappa shape index (κ2) is 6.46. The second-order valence-corrected chi connectivity index (χ2v) is 6.20. The Bertz CT molecular complexity index is 671. The number of para-hydroxylation sites is 1. The maximum atomic E-state index is 12.6. The Balaban J connectivity index is 1.83. The standard InChI is InChI=1S/C16H19N3O2S/c1-11-9-19(8-7-17-11)16(20)13-10-22-15(18-13)12-5-3-4-6-14(12)21-2/h3-6,10-11,17H,7-9H2,1-2H3/t11-/m0/s1. The van der Waals surface area contributed by atoms with Crippen LogP contribution in [0, 0.1) is 0 Å². The highest BCUT2D eigenvalue weighted by Gasteiger charge is 2.24. The summed E-state index contributed by atoms with van der Waals surface area (Å²) in [6, 6.07) is 8.04. The summed E-state index contributed by atoms with van der Waals surface area (Å²) in [4.78, 5) is 18.9. The predicted molar refractivity (Wildman–Crippen MR) is 87.5 cm³/mol. The minimum absolute atomic E-state index is 0.00532. The van der Waals surface area contributed by atoms with Gasteiger partial charge in [-0.3, -0.25) is 4.79 Å². The molecule has 1 amide bonds. The summed E-state index contributed by atoms with van der Waals surface area (Å²) < 4.78 is 5.36. The first-order valence-electron chi connectivity index (χ1n) is 7.30. The maximum absolute atomic E-state index is 12.6. The lowest BCUT2D eigenvalue weighted by Crippen LogP contribution is -2.51. The number of hydrogen-bond acceptors (Lipinski definition) is 5. The number of benzene rings is 1. The quantitative estimate of drug-likeness (QED) is 0.943. The van der Waals surface area contributed by atoms with E-state index in [1.807, 2.05) is 34.5 Å². The summed E-state index contributed by atoms with van der Waals surface area (Å²) in [7, 11) is 1.64. The number of nitrogens with one attached hydrogen (secondary N) is 1. The van der Waals surface area contributed by atoms with Crippen LogP contribution in [-0.4, -0.2) is 48.6 Å². The number of aromatic nitrogens is 1. The molecule has 1 saturated heterocycles. The molecular weight excluding hydrogens is 298 g/mol. The zero-order chi connectivity index (χ0) is 15.5. The number of thiazole rings is 1. The van der Waals surface area contributed by atoms with Crippen LogP contribution in [0.15, 0.2) is 29.6 Å². The number of ether oxygens (including phenoxy) is 1. The van der Waals surface area contributed by atoms with Gasteiger partial charge in [0.05, 0.1) is 12.7 Å². The van der Waals surface area contributed by atoms with Gasteiger partial charge in [-0.25, -0.2) is 4.98 Å². The van der Waals surface area contributed by atoms with Crippen molar-refractivity contribution in [2.24, 2.45) is 0 Å². The van der Waals surface area contributed by atoms with Crippen molar-refractivity contribution in [2.75, 3.05) is 26.7 Å². The van der Waals surface area contributed by atoms with Crippen LogP contribution in [-0.2, 0) is 0 Å². The van der Waals surface area contributed by atoms with Crippen LogP contribution in [0.1, 0.15) is 17.4 Å². The summed E-state index contributed by atoms with van der Waals surface area (Å²) >= 11 is 1.47. The lowest BCUT2D eigenvalue weighted by atomic mass is 10.2. The van der Waals surface area contributed by atoms with Crippen molar-refractivity contribution in [3.05, 3.63) is 35.3 Å². The first kappa shape index (κ1) is 15.0. The molecule has 2 aromatic rings. The fourth-order valence-electron chi connectivity index (χ4n) is 2.60. The first-order chi connectivity index (χ1) is 10.7. The highest BCUT2D eigenvalue weighted by molar-refractivity contribution is 7.13. The molecule has 1 aliphatic heterocycles. The summed E-state index contributed by atoms with van der Waals surface area (Å²) in [6.45, 7) is 4.36. The molecule has 6 heteroatoms. The van der Waals surface area contributed by atoms with Gasteiger partial charge in [-0.1, -0.05) is 12.1 Å². The highest BCUT2D eigenvalue weighted by Crippen LogP contribution is 2.32. The fraction of sp³-hybridized carbons (Fsp3) is 0.375. The van der Waals surface area contributed by atoms with Crippen molar-refractivity contribution < 1.29 is 9.53 Å². The van der Waals surface area contributed by atoms with E-state index in [1.54, 1.807) is 7.11 Å². The fourth-order valence-corrected chi connectivity index (χ4v) is 3.42. The summed E-state index contributed by atoms with van der Waals surface area (Å²) in [5.41, 5.74) is 1.43. The molecule has 0 radical (unpaired) electrons. The highest BCUT2D eigenvalue weighted by atomic mass is 32.1. The average Bonchev–Trinajstić information content (AvgIpc) is 3.04. The van der Waals surface area contributed by atoms with E-state index in [4.69, 9.17) is 4.74 Å². The Hall–Kier alpha value is -1.92. The molecule has 2 heterocycles. The molecule has 0 unspecified atom stereocenters. The minimum atomic E-state index is 0.00532. The van der Waals surface area contributed by atoms with Crippen molar-refractivity contribution in [3.8, 4) is 16.3 Å². The number of methoxy groups -OCH3 is 1. The van der Waals surface area contributed by atoms with Crippen molar-refractivity contribution in [1.29, 1.82) is 0 Å². The molecule has 1 fully saturated rings. The Morgan fingerprint density at radius 2 is 2.27 bits per heavy atom. The molecule has 116 valence electrons. The largest absolute Gasteiger partial charge is 0.496 e. The van der Waals surface area contributed by atoms with E-state index in [0.29, 0.717) is 11.7 Å². The van der Waals surface area contributed by atoms with Gasteiger partial charge in [-0.2, -0.15) is 0 Å². The molecule has 0 saturated carbocycles. The number of carbonyl (C=O) groups is 1. The number of piperazine rings is 1. The van der Waals surface area contributed by atoms with Crippen LogP contribution in [0.3, 0.4) is 0 Å². The molecular formula is C16H19N3O2S. The van der Waals surface area contributed by atoms with Gasteiger partial charge in [0.1, 0.15) is 16.5 Å². The van der Waals surface area contributed by atoms with Gasteiger partial charge >= 0.3 is 0 Å². The second-order valence-electron chi connectivity index (χ2n) is 5.34. The number of nitrogens with zero attached hydrogens (tertiary/aromatic N) is 2. The van der Waals surface area contributed by atoms with Crippen LogP contribution in [0.25, 0.3) is 10.6 Å². The van der Waals surface area contributed by atoms with E-state index in [2.05, 4.69) is 17.2 Å².